The van der Waals surface area contributed by atoms with Gasteiger partial charge in [-0.1, -0.05) is 23.9 Å². The number of aromatic nitrogens is 2. The average molecular weight is 369 g/mol. The fraction of sp³-hybridized carbons (Fsp3) is 0.438. The summed E-state index contributed by atoms with van der Waals surface area (Å²) < 4.78 is 34.2. The Morgan fingerprint density at radius 2 is 2.08 bits per heavy atom. The second kappa shape index (κ2) is 7.81. The van der Waals surface area contributed by atoms with Crippen molar-refractivity contribution in [2.24, 2.45) is 0 Å². The van der Waals surface area contributed by atoms with E-state index in [9.17, 15) is 13.6 Å². The quantitative estimate of drug-likeness (QED) is 0.694. The van der Waals surface area contributed by atoms with E-state index in [0.29, 0.717) is 30.6 Å². The second-order valence-corrected chi connectivity index (χ2v) is 6.88. The number of hydrogen-bond donors (Lipinski definition) is 0. The summed E-state index contributed by atoms with van der Waals surface area (Å²) in [6.45, 7) is 0.159. The molecule has 1 amide bonds. The van der Waals surface area contributed by atoms with E-state index in [1.807, 2.05) is 6.92 Å². The molecule has 2 heterocycles. The summed E-state index contributed by atoms with van der Waals surface area (Å²) in [6.07, 6.45) is 1.43. The number of hydrogen-bond acceptors (Lipinski definition) is 6. The number of halogens is 2. The minimum absolute atomic E-state index is 0.0117. The highest BCUT2D eigenvalue weighted by Gasteiger charge is 2.22. The maximum Gasteiger partial charge on any atom is 0.387 e. The summed E-state index contributed by atoms with van der Waals surface area (Å²) in [5, 5.41) is 8.36. The van der Waals surface area contributed by atoms with Gasteiger partial charge in [0.25, 0.3) is 5.22 Å². The van der Waals surface area contributed by atoms with Crippen LogP contribution in [0.25, 0.3) is 0 Å². The van der Waals surface area contributed by atoms with E-state index in [2.05, 4.69) is 14.9 Å². The van der Waals surface area contributed by atoms with Crippen molar-refractivity contribution in [1.82, 2.24) is 15.1 Å². The molecule has 1 fully saturated rings. The first-order valence-electron chi connectivity index (χ1n) is 7.83. The van der Waals surface area contributed by atoms with Gasteiger partial charge in [-0.3, -0.25) is 4.79 Å². The normalized spacial score (nSPS) is 15.8. The highest BCUT2D eigenvalue weighted by atomic mass is 32.2. The zero-order chi connectivity index (χ0) is 17.8. The van der Waals surface area contributed by atoms with Crippen LogP contribution in [0.2, 0.25) is 0 Å². The van der Waals surface area contributed by atoms with Crippen LogP contribution in [0.1, 0.15) is 36.5 Å². The molecule has 0 bridgehead atoms. The Hall–Kier alpha value is -2.16. The van der Waals surface area contributed by atoms with Gasteiger partial charge in [0.05, 0.1) is 6.54 Å². The standard InChI is InChI=1S/C16H17F2N3O3S/c1-10(11-4-6-12(7-5-11)23-15(17)18)25-16-20-19-13(24-16)9-21-8-2-3-14(21)22/h4-7,10,15H,2-3,8-9H2,1H3/t10-/m0/s1. The van der Waals surface area contributed by atoms with Gasteiger partial charge in [-0.05, 0) is 31.0 Å². The van der Waals surface area contributed by atoms with Gasteiger partial charge < -0.3 is 14.1 Å². The summed E-state index contributed by atoms with van der Waals surface area (Å²) in [7, 11) is 0. The molecule has 1 aromatic heterocycles. The number of thioether (sulfide) groups is 1. The zero-order valence-electron chi connectivity index (χ0n) is 13.5. The number of rotatable bonds is 7. The molecule has 0 saturated carbocycles. The number of benzene rings is 1. The minimum atomic E-state index is -2.84. The van der Waals surface area contributed by atoms with Gasteiger partial charge in [0, 0.05) is 18.2 Å². The Morgan fingerprint density at radius 1 is 1.32 bits per heavy atom. The van der Waals surface area contributed by atoms with Crippen molar-refractivity contribution in [3.8, 4) is 5.75 Å². The Balaban J connectivity index is 1.57. The summed E-state index contributed by atoms with van der Waals surface area (Å²) in [5.74, 6) is 0.629. The fourth-order valence-electron chi connectivity index (χ4n) is 2.52. The van der Waals surface area contributed by atoms with Gasteiger partial charge in [-0.25, -0.2) is 0 Å². The van der Waals surface area contributed by atoms with Crippen LogP contribution in [0.15, 0.2) is 33.9 Å². The third kappa shape index (κ3) is 4.68. The molecule has 1 aromatic carbocycles. The van der Waals surface area contributed by atoms with E-state index in [1.54, 1.807) is 17.0 Å². The third-order valence-corrected chi connectivity index (χ3v) is 4.79. The maximum absolute atomic E-state index is 12.2. The Morgan fingerprint density at radius 3 is 2.72 bits per heavy atom. The second-order valence-electron chi connectivity index (χ2n) is 5.59. The average Bonchev–Trinajstić information content (AvgIpc) is 3.17. The molecule has 6 nitrogen and oxygen atoms in total. The van der Waals surface area contributed by atoms with Crippen LogP contribution >= 0.6 is 11.8 Å². The Bertz CT molecular complexity index is 724. The lowest BCUT2D eigenvalue weighted by molar-refractivity contribution is -0.128. The maximum atomic E-state index is 12.2. The predicted octanol–water partition coefficient (Wildman–Crippen LogP) is 3.65. The summed E-state index contributed by atoms with van der Waals surface area (Å²) in [6, 6.07) is 6.43. The molecule has 1 atom stereocenters. The first-order valence-corrected chi connectivity index (χ1v) is 8.71. The van der Waals surface area contributed by atoms with Crippen molar-refractivity contribution in [3.63, 3.8) is 0 Å². The predicted molar refractivity (Wildman–Crippen MR) is 86.3 cm³/mol. The first-order chi connectivity index (χ1) is 12.0. The van der Waals surface area contributed by atoms with E-state index < -0.39 is 6.61 Å². The summed E-state index contributed by atoms with van der Waals surface area (Å²) in [4.78, 5) is 13.3. The van der Waals surface area contributed by atoms with Gasteiger partial charge in [0.15, 0.2) is 0 Å². The molecule has 25 heavy (non-hydrogen) atoms. The number of nitrogens with zero attached hydrogens (tertiary/aromatic N) is 3. The summed E-state index contributed by atoms with van der Waals surface area (Å²) >= 11 is 1.36. The van der Waals surface area contributed by atoms with Crippen molar-refractivity contribution in [1.29, 1.82) is 0 Å². The molecule has 134 valence electrons. The molecular formula is C16H17F2N3O3S. The number of amides is 1. The van der Waals surface area contributed by atoms with Gasteiger partial charge >= 0.3 is 6.61 Å². The van der Waals surface area contributed by atoms with E-state index in [-0.39, 0.29) is 16.9 Å². The first kappa shape index (κ1) is 17.7. The molecular weight excluding hydrogens is 352 g/mol. The van der Waals surface area contributed by atoms with Crippen molar-refractivity contribution < 1.29 is 22.7 Å². The van der Waals surface area contributed by atoms with E-state index in [1.165, 1.54) is 23.9 Å². The number of alkyl halides is 2. The van der Waals surface area contributed by atoms with Crippen molar-refractivity contribution in [2.45, 2.75) is 43.4 Å². The van der Waals surface area contributed by atoms with Crippen molar-refractivity contribution in [2.75, 3.05) is 6.54 Å². The van der Waals surface area contributed by atoms with Crippen molar-refractivity contribution in [3.05, 3.63) is 35.7 Å². The minimum Gasteiger partial charge on any atom is -0.435 e. The molecule has 3 rings (SSSR count). The van der Waals surface area contributed by atoms with Crippen LogP contribution in [-0.2, 0) is 11.3 Å². The van der Waals surface area contributed by atoms with E-state index >= 15 is 0 Å². The van der Waals surface area contributed by atoms with E-state index in [0.717, 1.165) is 12.0 Å². The number of likely N-dealkylation sites (tertiary alicyclic amines) is 1. The third-order valence-electron chi connectivity index (χ3n) is 3.80. The highest BCUT2D eigenvalue weighted by molar-refractivity contribution is 7.99. The highest BCUT2D eigenvalue weighted by Crippen LogP contribution is 2.34. The molecule has 0 radical (unpaired) electrons. The van der Waals surface area contributed by atoms with Gasteiger partial charge in [0.2, 0.25) is 11.8 Å². The Labute approximate surface area is 147 Å². The summed E-state index contributed by atoms with van der Waals surface area (Å²) in [5.41, 5.74) is 0.918. The lowest BCUT2D eigenvalue weighted by atomic mass is 10.2. The van der Waals surface area contributed by atoms with Gasteiger partial charge in [-0.15, -0.1) is 10.2 Å². The lowest BCUT2D eigenvalue weighted by Crippen LogP contribution is -2.23. The molecule has 1 aliphatic heterocycles. The molecule has 0 spiro atoms. The zero-order valence-corrected chi connectivity index (χ0v) is 14.3. The van der Waals surface area contributed by atoms with Crippen LogP contribution in [0.3, 0.4) is 0 Å². The van der Waals surface area contributed by atoms with Crippen LogP contribution in [0, 0.1) is 0 Å². The number of carbonyl (C=O) groups is 1. The van der Waals surface area contributed by atoms with Crippen LogP contribution in [-0.4, -0.2) is 34.2 Å². The fourth-order valence-corrected chi connectivity index (χ4v) is 3.35. The van der Waals surface area contributed by atoms with Crippen LogP contribution < -0.4 is 4.74 Å². The largest absolute Gasteiger partial charge is 0.435 e. The lowest BCUT2D eigenvalue weighted by Gasteiger charge is -2.12. The van der Waals surface area contributed by atoms with E-state index in [4.69, 9.17) is 4.42 Å². The molecule has 0 unspecified atom stereocenters. The molecule has 1 aliphatic rings. The smallest absolute Gasteiger partial charge is 0.387 e. The van der Waals surface area contributed by atoms with Gasteiger partial charge in [0.1, 0.15) is 5.75 Å². The monoisotopic (exact) mass is 369 g/mol. The Kier molecular flexibility index (Phi) is 5.52. The molecule has 0 N–H and O–H groups in total. The molecule has 0 aliphatic carbocycles. The number of ether oxygens (including phenoxy) is 1. The molecule has 1 saturated heterocycles. The van der Waals surface area contributed by atoms with Gasteiger partial charge in [-0.2, -0.15) is 8.78 Å². The number of carbonyl (C=O) groups excluding carboxylic acids is 1. The molecule has 2 aromatic rings. The topological polar surface area (TPSA) is 68.5 Å². The van der Waals surface area contributed by atoms with Crippen LogP contribution in [0.4, 0.5) is 8.78 Å². The SMILES string of the molecule is C[C@H](Sc1nnc(CN2CCCC2=O)o1)c1ccc(OC(F)F)cc1. The van der Waals surface area contributed by atoms with Crippen LogP contribution in [0.5, 0.6) is 5.75 Å². The van der Waals surface area contributed by atoms with Crippen molar-refractivity contribution >= 4 is 17.7 Å². The molecule has 9 heteroatoms.